The average Bonchev–Trinajstić information content (AvgIpc) is 3.85. The van der Waals surface area contributed by atoms with Gasteiger partial charge < -0.3 is 20.1 Å². The molecule has 0 aromatic heterocycles. The average molecular weight is 683 g/mol. The Morgan fingerprint density at radius 3 is 2.59 bits per heavy atom. The van der Waals surface area contributed by atoms with Gasteiger partial charge in [-0.3, -0.25) is 9.69 Å². The van der Waals surface area contributed by atoms with E-state index in [9.17, 15) is 19.1 Å². The molecule has 6 rings (SSSR count). The summed E-state index contributed by atoms with van der Waals surface area (Å²) < 4.78 is 20.0. The third-order valence-electron chi connectivity index (χ3n) is 8.61. The first-order valence-corrected chi connectivity index (χ1v) is 16.1. The summed E-state index contributed by atoms with van der Waals surface area (Å²) in [6.45, 7) is 1.75. The topological polar surface area (TPSA) is 82.1 Å². The molecule has 0 unspecified atom stereocenters. The van der Waals surface area contributed by atoms with Gasteiger partial charge in [-0.05, 0) is 88.5 Å². The van der Waals surface area contributed by atoms with Gasteiger partial charge in [0.2, 0.25) is 0 Å². The normalized spacial score (nSPS) is 19.6. The van der Waals surface area contributed by atoms with Crippen molar-refractivity contribution < 1.29 is 23.8 Å². The van der Waals surface area contributed by atoms with Crippen molar-refractivity contribution in [2.45, 2.75) is 56.8 Å². The number of carbonyl (C=O) groups is 2. The van der Waals surface area contributed by atoms with Gasteiger partial charge in [-0.1, -0.05) is 54.1 Å². The molecule has 0 radical (unpaired) electrons. The number of carbonyl (C=O) groups excluding carboxylic acids is 1. The van der Waals surface area contributed by atoms with Crippen molar-refractivity contribution in [1.29, 1.82) is 0 Å². The Morgan fingerprint density at radius 1 is 1.09 bits per heavy atom. The van der Waals surface area contributed by atoms with Crippen molar-refractivity contribution in [2.75, 3.05) is 19.7 Å². The molecule has 2 heterocycles. The summed E-state index contributed by atoms with van der Waals surface area (Å²) >= 11 is 9.88. The Labute approximate surface area is 269 Å². The first kappa shape index (κ1) is 30.6. The lowest BCUT2D eigenvalue weighted by Crippen LogP contribution is -2.63. The maximum Gasteiger partial charge on any atom is 0.408 e. The maximum atomic E-state index is 14.5. The molecule has 1 saturated heterocycles. The molecule has 0 spiro atoms. The second-order valence-corrected chi connectivity index (χ2v) is 12.9. The molecule has 3 aromatic rings. The Hall–Kier alpha value is -3.40. The van der Waals surface area contributed by atoms with E-state index >= 15 is 0 Å². The number of aryl methyl sites for hydroxylation is 1. The number of carboxylic acid groups (broad SMARTS) is 1. The highest BCUT2D eigenvalue weighted by Gasteiger charge is 2.46. The lowest BCUT2D eigenvalue weighted by Gasteiger charge is -2.47. The van der Waals surface area contributed by atoms with Crippen LogP contribution < -0.4 is 10.1 Å². The number of halogens is 3. The maximum absolute atomic E-state index is 14.5. The molecule has 10 heteroatoms. The van der Waals surface area contributed by atoms with Crippen LogP contribution in [-0.4, -0.2) is 64.7 Å². The van der Waals surface area contributed by atoms with Crippen LogP contribution in [0.25, 0.3) is 5.57 Å². The quantitative estimate of drug-likeness (QED) is 0.227. The number of ether oxygens (including phenoxy) is 1. The highest BCUT2D eigenvalue weighted by molar-refractivity contribution is 9.10. The van der Waals surface area contributed by atoms with Crippen molar-refractivity contribution >= 4 is 45.1 Å². The van der Waals surface area contributed by atoms with E-state index in [0.29, 0.717) is 53.5 Å². The largest absolute Gasteiger partial charge is 0.492 e. The summed E-state index contributed by atoms with van der Waals surface area (Å²) in [4.78, 5) is 30.3. The van der Waals surface area contributed by atoms with Gasteiger partial charge in [0.1, 0.15) is 11.6 Å². The Bertz CT molecular complexity index is 1580. The molecule has 7 nitrogen and oxygen atoms in total. The van der Waals surface area contributed by atoms with Crippen LogP contribution in [0, 0.1) is 5.82 Å². The molecule has 2 amide bonds. The van der Waals surface area contributed by atoms with E-state index in [1.54, 1.807) is 6.07 Å². The minimum absolute atomic E-state index is 0.109. The number of rotatable bonds is 10. The van der Waals surface area contributed by atoms with Gasteiger partial charge in [-0.15, -0.1) is 0 Å². The van der Waals surface area contributed by atoms with Gasteiger partial charge in [0, 0.05) is 42.3 Å². The smallest absolute Gasteiger partial charge is 0.408 e. The number of fused-ring (bicyclic) bond motifs is 2. The van der Waals surface area contributed by atoms with Crippen LogP contribution in [0.15, 0.2) is 76.8 Å². The molecule has 230 valence electrons. The third kappa shape index (κ3) is 6.65. The van der Waals surface area contributed by atoms with E-state index in [1.165, 1.54) is 17.0 Å². The summed E-state index contributed by atoms with van der Waals surface area (Å²) in [5.41, 5.74) is 4.40. The van der Waals surface area contributed by atoms with E-state index in [2.05, 4.69) is 33.4 Å². The van der Waals surface area contributed by atoms with E-state index < -0.39 is 12.1 Å². The van der Waals surface area contributed by atoms with E-state index in [-0.39, 0.29) is 23.8 Å². The first-order valence-electron chi connectivity index (χ1n) is 15.0. The minimum atomic E-state index is -1.00. The van der Waals surface area contributed by atoms with Gasteiger partial charge >= 0.3 is 6.09 Å². The van der Waals surface area contributed by atoms with Gasteiger partial charge in [-0.2, -0.15) is 0 Å². The molecule has 3 aliphatic rings. The first-order chi connectivity index (χ1) is 21.3. The monoisotopic (exact) mass is 681 g/mol. The van der Waals surface area contributed by atoms with Crippen molar-refractivity contribution in [3.8, 4) is 5.75 Å². The highest BCUT2D eigenvalue weighted by atomic mass is 79.9. The van der Waals surface area contributed by atoms with Crippen molar-refractivity contribution in [3.63, 3.8) is 0 Å². The fraction of sp³-hybridized carbons (Fsp3) is 0.353. The van der Waals surface area contributed by atoms with E-state index in [4.69, 9.17) is 16.3 Å². The number of amides is 2. The zero-order chi connectivity index (χ0) is 30.8. The fourth-order valence-corrected chi connectivity index (χ4v) is 6.82. The minimum Gasteiger partial charge on any atom is -0.492 e. The predicted octanol–water partition coefficient (Wildman–Crippen LogP) is 6.92. The van der Waals surface area contributed by atoms with Crippen LogP contribution >= 0.6 is 27.5 Å². The second-order valence-electron chi connectivity index (χ2n) is 11.6. The van der Waals surface area contributed by atoms with Crippen LogP contribution in [0.2, 0.25) is 5.02 Å². The molecule has 2 bridgehead atoms. The van der Waals surface area contributed by atoms with E-state index in [1.807, 2.05) is 41.3 Å². The second kappa shape index (κ2) is 13.3. The molecule has 2 atom stereocenters. The highest BCUT2D eigenvalue weighted by Crippen LogP contribution is 2.40. The Balaban J connectivity index is 1.25. The Kier molecular flexibility index (Phi) is 9.26. The molecule has 3 aromatic carbocycles. The summed E-state index contributed by atoms with van der Waals surface area (Å²) in [6, 6.07) is 19.4. The third-order valence-corrected chi connectivity index (χ3v) is 9.63. The zero-order valence-electron chi connectivity index (χ0n) is 24.1. The predicted molar refractivity (Wildman–Crippen MR) is 171 cm³/mol. The van der Waals surface area contributed by atoms with Crippen LogP contribution in [0.1, 0.15) is 42.4 Å². The zero-order valence-corrected chi connectivity index (χ0v) is 26.5. The van der Waals surface area contributed by atoms with Crippen molar-refractivity contribution in [1.82, 2.24) is 15.1 Å². The molecular formula is C34H34BrClFN3O4. The number of hydrogen-bond acceptors (Lipinski definition) is 4. The lowest BCUT2D eigenvalue weighted by molar-refractivity contribution is -0.129. The SMILES string of the molecule is O=C(C1=C(c2ccc(CCCOc3cc(F)ccc3Br)cc2)C[C@@H]2CNC[C@H]1N2C(=O)O)N(Cc1ccccc1Cl)C1CC1. The van der Waals surface area contributed by atoms with Crippen molar-refractivity contribution in [2.24, 2.45) is 0 Å². The number of piperazine rings is 1. The number of nitrogens with one attached hydrogen (secondary N) is 1. The van der Waals surface area contributed by atoms with Gasteiger partial charge in [0.15, 0.2) is 0 Å². The molecule has 1 saturated carbocycles. The van der Waals surface area contributed by atoms with Crippen LogP contribution in [-0.2, 0) is 17.8 Å². The molecule has 2 N–H and O–H groups in total. The summed E-state index contributed by atoms with van der Waals surface area (Å²) in [6.07, 6.45) is 2.81. The summed E-state index contributed by atoms with van der Waals surface area (Å²) in [5.74, 6) is 0.0155. The lowest BCUT2D eigenvalue weighted by atomic mass is 9.81. The standard InChI is InChI=1S/C34H34BrClFN3O4/c35-28-14-11-24(37)16-31(28)44-15-3-4-21-7-9-22(10-8-21)27-17-26-18-38-19-30(40(26)34(42)43)32(27)33(41)39(25-12-13-25)20-23-5-1-2-6-29(23)36/h1-2,5-11,14,16,25-26,30,38H,3-4,12-13,15,17-20H2,(H,42,43)/t26-,30-/m1/s1. The van der Waals surface area contributed by atoms with Gasteiger partial charge in [0.05, 0.1) is 23.2 Å². The van der Waals surface area contributed by atoms with Gasteiger partial charge in [-0.25, -0.2) is 9.18 Å². The molecule has 2 fully saturated rings. The number of hydrogen-bond donors (Lipinski definition) is 2. The van der Waals surface area contributed by atoms with E-state index in [0.717, 1.165) is 47.9 Å². The van der Waals surface area contributed by atoms with Crippen LogP contribution in [0.4, 0.5) is 9.18 Å². The molecule has 44 heavy (non-hydrogen) atoms. The number of nitrogens with zero attached hydrogens (tertiary/aromatic N) is 2. The fourth-order valence-electron chi connectivity index (χ4n) is 6.27. The van der Waals surface area contributed by atoms with Crippen LogP contribution in [0.3, 0.4) is 0 Å². The molecular weight excluding hydrogens is 649 g/mol. The van der Waals surface area contributed by atoms with Gasteiger partial charge in [0.25, 0.3) is 5.91 Å². The Morgan fingerprint density at radius 2 is 1.86 bits per heavy atom. The molecule has 1 aliphatic carbocycles. The molecule has 2 aliphatic heterocycles. The van der Waals surface area contributed by atoms with Crippen molar-refractivity contribution in [3.05, 3.63) is 104 Å². The summed E-state index contributed by atoms with van der Waals surface area (Å²) in [5, 5.41) is 14.1. The van der Waals surface area contributed by atoms with Crippen LogP contribution in [0.5, 0.6) is 5.75 Å². The summed E-state index contributed by atoms with van der Waals surface area (Å²) in [7, 11) is 0. The number of benzene rings is 3.